The zero-order chi connectivity index (χ0) is 14.3. The van der Waals surface area contributed by atoms with Crippen LogP contribution < -0.4 is 10.1 Å². The van der Waals surface area contributed by atoms with Gasteiger partial charge >= 0.3 is 6.61 Å². The van der Waals surface area contributed by atoms with E-state index in [2.05, 4.69) is 21.9 Å². The molecular formula is C13H19ClF2N2O. The monoisotopic (exact) mass is 292 g/mol. The van der Waals surface area contributed by atoms with Crippen molar-refractivity contribution in [3.8, 4) is 5.75 Å². The predicted octanol–water partition coefficient (Wildman–Crippen LogP) is 2.98. The van der Waals surface area contributed by atoms with E-state index >= 15 is 0 Å². The van der Waals surface area contributed by atoms with Crippen molar-refractivity contribution in [2.75, 3.05) is 26.7 Å². The number of halogens is 3. The van der Waals surface area contributed by atoms with Crippen LogP contribution >= 0.6 is 11.6 Å². The standard InChI is InChI=1S/C13H19ClF2N2O/c1-3-18(2)7-6-17-9-10-8-11(14)4-5-12(10)19-13(15)16/h4-5,8,13,17H,3,6-7,9H2,1-2H3. The second-order valence-corrected chi connectivity index (χ2v) is 4.64. The molecule has 0 aliphatic heterocycles. The van der Waals surface area contributed by atoms with Crippen molar-refractivity contribution in [1.82, 2.24) is 10.2 Å². The van der Waals surface area contributed by atoms with Gasteiger partial charge in [0, 0.05) is 30.2 Å². The van der Waals surface area contributed by atoms with E-state index in [4.69, 9.17) is 11.6 Å². The first kappa shape index (κ1) is 16.1. The van der Waals surface area contributed by atoms with Crippen molar-refractivity contribution in [2.45, 2.75) is 20.1 Å². The average molecular weight is 293 g/mol. The second-order valence-electron chi connectivity index (χ2n) is 4.20. The molecule has 108 valence electrons. The van der Waals surface area contributed by atoms with Crippen LogP contribution in [0.3, 0.4) is 0 Å². The summed E-state index contributed by atoms with van der Waals surface area (Å²) in [6.45, 7) is 2.32. The van der Waals surface area contributed by atoms with Crippen LogP contribution in [0.4, 0.5) is 8.78 Å². The largest absolute Gasteiger partial charge is 0.434 e. The van der Waals surface area contributed by atoms with Crippen molar-refractivity contribution in [2.24, 2.45) is 0 Å². The van der Waals surface area contributed by atoms with Gasteiger partial charge in [-0.25, -0.2) is 0 Å². The van der Waals surface area contributed by atoms with E-state index in [1.807, 2.05) is 7.05 Å². The molecule has 3 nitrogen and oxygen atoms in total. The molecule has 0 heterocycles. The number of likely N-dealkylation sites (N-methyl/N-ethyl adjacent to an activating group) is 1. The Labute approximate surface area is 117 Å². The maximum Gasteiger partial charge on any atom is 0.387 e. The van der Waals surface area contributed by atoms with Crippen LogP contribution in [0.5, 0.6) is 5.75 Å². The van der Waals surface area contributed by atoms with Crippen molar-refractivity contribution >= 4 is 11.6 Å². The Morgan fingerprint density at radius 3 is 2.79 bits per heavy atom. The summed E-state index contributed by atoms with van der Waals surface area (Å²) in [6.07, 6.45) is 0. The lowest BCUT2D eigenvalue weighted by molar-refractivity contribution is -0.0504. The summed E-state index contributed by atoms with van der Waals surface area (Å²) in [5.74, 6) is 0.163. The van der Waals surface area contributed by atoms with Crippen LogP contribution in [0, 0.1) is 0 Å². The fraction of sp³-hybridized carbons (Fsp3) is 0.538. The summed E-state index contributed by atoms with van der Waals surface area (Å²) in [4.78, 5) is 2.15. The van der Waals surface area contributed by atoms with E-state index in [-0.39, 0.29) is 5.75 Å². The molecule has 1 rings (SSSR count). The highest BCUT2D eigenvalue weighted by Crippen LogP contribution is 2.24. The van der Waals surface area contributed by atoms with Crippen molar-refractivity contribution in [3.63, 3.8) is 0 Å². The minimum atomic E-state index is -2.83. The van der Waals surface area contributed by atoms with Crippen LogP contribution in [0.2, 0.25) is 5.02 Å². The molecule has 1 aromatic carbocycles. The van der Waals surface area contributed by atoms with Gasteiger partial charge in [0.05, 0.1) is 0 Å². The molecule has 0 bridgehead atoms. The van der Waals surface area contributed by atoms with E-state index in [0.717, 1.165) is 19.6 Å². The van der Waals surface area contributed by atoms with Gasteiger partial charge in [-0.05, 0) is 31.8 Å². The molecular weight excluding hydrogens is 274 g/mol. The summed E-state index contributed by atoms with van der Waals surface area (Å²) < 4.78 is 29.0. The Balaban J connectivity index is 2.53. The molecule has 0 spiro atoms. The molecule has 0 unspecified atom stereocenters. The molecule has 1 aromatic rings. The number of nitrogens with one attached hydrogen (secondary N) is 1. The van der Waals surface area contributed by atoms with Crippen molar-refractivity contribution in [3.05, 3.63) is 28.8 Å². The molecule has 0 radical (unpaired) electrons. The van der Waals surface area contributed by atoms with Gasteiger partial charge in [0.25, 0.3) is 0 Å². The highest BCUT2D eigenvalue weighted by atomic mass is 35.5. The highest BCUT2D eigenvalue weighted by Gasteiger charge is 2.10. The highest BCUT2D eigenvalue weighted by molar-refractivity contribution is 6.30. The normalized spacial score (nSPS) is 11.3. The van der Waals surface area contributed by atoms with Gasteiger partial charge in [0.2, 0.25) is 0 Å². The first-order chi connectivity index (χ1) is 9.02. The minimum Gasteiger partial charge on any atom is -0.434 e. The number of rotatable bonds is 8. The summed E-state index contributed by atoms with van der Waals surface area (Å²) in [6, 6.07) is 4.63. The first-order valence-electron chi connectivity index (χ1n) is 6.15. The van der Waals surface area contributed by atoms with Crippen molar-refractivity contribution in [1.29, 1.82) is 0 Å². The Kier molecular flexibility index (Phi) is 7.05. The molecule has 19 heavy (non-hydrogen) atoms. The first-order valence-corrected chi connectivity index (χ1v) is 6.53. The molecule has 1 N–H and O–H groups in total. The van der Waals surface area contributed by atoms with Crippen LogP contribution in [-0.2, 0) is 6.54 Å². The van der Waals surface area contributed by atoms with Crippen LogP contribution in [0.1, 0.15) is 12.5 Å². The minimum absolute atomic E-state index is 0.163. The Morgan fingerprint density at radius 2 is 2.16 bits per heavy atom. The lowest BCUT2D eigenvalue weighted by Gasteiger charge is -2.15. The van der Waals surface area contributed by atoms with E-state index in [9.17, 15) is 8.78 Å². The summed E-state index contributed by atoms with van der Waals surface area (Å²) in [5, 5.41) is 3.69. The van der Waals surface area contributed by atoms with E-state index in [1.165, 1.54) is 12.1 Å². The van der Waals surface area contributed by atoms with E-state index in [0.29, 0.717) is 17.1 Å². The molecule has 0 fully saturated rings. The lowest BCUT2D eigenvalue weighted by Crippen LogP contribution is -2.28. The Hall–Kier alpha value is -0.910. The number of hydrogen-bond acceptors (Lipinski definition) is 3. The fourth-order valence-electron chi connectivity index (χ4n) is 1.55. The average Bonchev–Trinajstić information content (AvgIpc) is 2.36. The summed E-state index contributed by atoms with van der Waals surface area (Å²) >= 11 is 5.86. The smallest absolute Gasteiger partial charge is 0.387 e. The number of hydrogen-bond donors (Lipinski definition) is 1. The maximum absolute atomic E-state index is 12.3. The van der Waals surface area contributed by atoms with Gasteiger partial charge in [-0.15, -0.1) is 0 Å². The fourth-order valence-corrected chi connectivity index (χ4v) is 1.74. The third-order valence-corrected chi connectivity index (χ3v) is 3.00. The molecule has 0 saturated carbocycles. The molecule has 6 heteroatoms. The number of ether oxygens (including phenoxy) is 1. The van der Waals surface area contributed by atoms with Crippen molar-refractivity contribution < 1.29 is 13.5 Å². The number of benzene rings is 1. The van der Waals surface area contributed by atoms with E-state index in [1.54, 1.807) is 6.07 Å². The molecule has 0 saturated heterocycles. The third kappa shape index (κ3) is 6.18. The molecule has 0 aliphatic rings. The van der Waals surface area contributed by atoms with Gasteiger partial charge < -0.3 is 15.0 Å². The van der Waals surface area contributed by atoms with Gasteiger partial charge in [-0.2, -0.15) is 8.78 Å². The van der Waals surface area contributed by atoms with Gasteiger partial charge in [0.15, 0.2) is 0 Å². The third-order valence-electron chi connectivity index (χ3n) is 2.76. The maximum atomic E-state index is 12.3. The number of nitrogens with zero attached hydrogens (tertiary/aromatic N) is 1. The zero-order valence-electron chi connectivity index (χ0n) is 11.1. The quantitative estimate of drug-likeness (QED) is 0.746. The Morgan fingerprint density at radius 1 is 1.42 bits per heavy atom. The van der Waals surface area contributed by atoms with Crippen LogP contribution in [0.25, 0.3) is 0 Å². The van der Waals surface area contributed by atoms with Gasteiger partial charge in [-0.3, -0.25) is 0 Å². The Bertz CT molecular complexity index is 391. The molecule has 0 amide bonds. The van der Waals surface area contributed by atoms with Crippen LogP contribution in [-0.4, -0.2) is 38.2 Å². The predicted molar refractivity (Wildman–Crippen MR) is 73.0 cm³/mol. The SMILES string of the molecule is CCN(C)CCNCc1cc(Cl)ccc1OC(F)F. The molecule has 0 aliphatic carbocycles. The van der Waals surface area contributed by atoms with E-state index < -0.39 is 6.61 Å². The molecule has 0 atom stereocenters. The topological polar surface area (TPSA) is 24.5 Å². The lowest BCUT2D eigenvalue weighted by atomic mass is 10.2. The molecule has 0 aromatic heterocycles. The van der Waals surface area contributed by atoms with Crippen LogP contribution in [0.15, 0.2) is 18.2 Å². The number of alkyl halides is 2. The van der Waals surface area contributed by atoms with Gasteiger partial charge in [-0.1, -0.05) is 18.5 Å². The van der Waals surface area contributed by atoms with Gasteiger partial charge in [0.1, 0.15) is 5.75 Å². The second kappa shape index (κ2) is 8.30. The summed E-state index contributed by atoms with van der Waals surface area (Å²) in [7, 11) is 2.02. The summed E-state index contributed by atoms with van der Waals surface area (Å²) in [5.41, 5.74) is 0.631. The zero-order valence-corrected chi connectivity index (χ0v) is 11.9.